The van der Waals surface area contributed by atoms with E-state index in [1.807, 2.05) is 0 Å². The molecule has 2 rings (SSSR count). The lowest BCUT2D eigenvalue weighted by atomic mass is 9.97. The van der Waals surface area contributed by atoms with Crippen LogP contribution in [0.3, 0.4) is 0 Å². The standard InChI is InChI=1S/C15H31N3O/c1-4-16-15(12-19)8-7-13(10-15)18(3)14-6-5-9-17(2)11-14/h13-14,16,19H,4-12H2,1-3H3. The largest absolute Gasteiger partial charge is 0.394 e. The minimum absolute atomic E-state index is 0.0196. The number of likely N-dealkylation sites (tertiary alicyclic amines) is 1. The molecule has 0 aromatic rings. The Morgan fingerprint density at radius 2 is 2.16 bits per heavy atom. The number of nitrogens with zero attached hydrogens (tertiary/aromatic N) is 2. The van der Waals surface area contributed by atoms with E-state index in [1.54, 1.807) is 0 Å². The van der Waals surface area contributed by atoms with E-state index >= 15 is 0 Å². The maximum absolute atomic E-state index is 9.71. The minimum Gasteiger partial charge on any atom is -0.394 e. The number of piperidine rings is 1. The predicted octanol–water partition coefficient (Wildman–Crippen LogP) is 0.906. The van der Waals surface area contributed by atoms with E-state index in [1.165, 1.54) is 32.4 Å². The highest BCUT2D eigenvalue weighted by Gasteiger charge is 2.41. The number of aliphatic hydroxyl groups is 1. The minimum atomic E-state index is -0.0196. The quantitative estimate of drug-likeness (QED) is 0.778. The van der Waals surface area contributed by atoms with Crippen molar-refractivity contribution in [2.45, 2.75) is 56.7 Å². The van der Waals surface area contributed by atoms with Crippen molar-refractivity contribution >= 4 is 0 Å². The molecule has 0 radical (unpaired) electrons. The fourth-order valence-electron chi connectivity index (χ4n) is 3.95. The second-order valence-electron chi connectivity index (χ2n) is 6.59. The Labute approximate surface area is 118 Å². The molecule has 19 heavy (non-hydrogen) atoms. The van der Waals surface area contributed by atoms with Crippen LogP contribution >= 0.6 is 0 Å². The van der Waals surface area contributed by atoms with Gasteiger partial charge in [0.25, 0.3) is 0 Å². The van der Waals surface area contributed by atoms with Gasteiger partial charge in [-0.3, -0.25) is 4.90 Å². The number of hydrogen-bond donors (Lipinski definition) is 2. The molecule has 2 aliphatic rings. The normalized spacial score (nSPS) is 37.1. The smallest absolute Gasteiger partial charge is 0.0613 e. The van der Waals surface area contributed by atoms with Gasteiger partial charge in [0.15, 0.2) is 0 Å². The number of nitrogens with one attached hydrogen (secondary N) is 1. The zero-order chi connectivity index (χ0) is 13.9. The van der Waals surface area contributed by atoms with Crippen LogP contribution in [-0.2, 0) is 0 Å². The lowest BCUT2D eigenvalue weighted by Crippen LogP contribution is -2.51. The van der Waals surface area contributed by atoms with Crippen LogP contribution in [0.1, 0.15) is 39.0 Å². The van der Waals surface area contributed by atoms with Crippen LogP contribution in [0.4, 0.5) is 0 Å². The zero-order valence-electron chi connectivity index (χ0n) is 12.9. The Morgan fingerprint density at radius 3 is 2.79 bits per heavy atom. The SMILES string of the molecule is CCNC1(CO)CCC(N(C)C2CCCN(C)C2)C1. The van der Waals surface area contributed by atoms with Crippen LogP contribution in [0.5, 0.6) is 0 Å². The summed E-state index contributed by atoms with van der Waals surface area (Å²) in [6.45, 7) is 5.79. The van der Waals surface area contributed by atoms with Crippen LogP contribution in [-0.4, -0.2) is 72.9 Å². The Hall–Kier alpha value is -0.160. The maximum atomic E-state index is 9.71. The Balaban J connectivity index is 1.92. The second-order valence-corrected chi connectivity index (χ2v) is 6.59. The van der Waals surface area contributed by atoms with E-state index in [4.69, 9.17) is 0 Å². The van der Waals surface area contributed by atoms with Gasteiger partial charge >= 0.3 is 0 Å². The van der Waals surface area contributed by atoms with E-state index in [0.29, 0.717) is 12.1 Å². The molecule has 4 nitrogen and oxygen atoms in total. The number of likely N-dealkylation sites (N-methyl/N-ethyl adjacent to an activating group) is 3. The lowest BCUT2D eigenvalue weighted by molar-refractivity contribution is 0.0907. The summed E-state index contributed by atoms with van der Waals surface area (Å²) in [6.07, 6.45) is 6.05. The average molecular weight is 269 g/mol. The van der Waals surface area contributed by atoms with E-state index in [-0.39, 0.29) is 12.1 Å². The second kappa shape index (κ2) is 6.53. The monoisotopic (exact) mass is 269 g/mol. The van der Waals surface area contributed by atoms with Gasteiger partial charge in [0.2, 0.25) is 0 Å². The molecule has 1 saturated carbocycles. The number of hydrogen-bond acceptors (Lipinski definition) is 4. The first-order valence-electron chi connectivity index (χ1n) is 7.86. The summed E-state index contributed by atoms with van der Waals surface area (Å²) in [6, 6.07) is 1.32. The Bertz CT molecular complexity index is 287. The molecule has 1 heterocycles. The summed E-state index contributed by atoms with van der Waals surface area (Å²) in [5.41, 5.74) is -0.0196. The van der Waals surface area contributed by atoms with Gasteiger partial charge in [-0.2, -0.15) is 0 Å². The summed E-state index contributed by atoms with van der Waals surface area (Å²) >= 11 is 0. The molecule has 3 unspecified atom stereocenters. The van der Waals surface area contributed by atoms with Gasteiger partial charge in [-0.05, 0) is 59.3 Å². The highest BCUT2D eigenvalue weighted by Crippen LogP contribution is 2.34. The molecule has 1 saturated heterocycles. The molecule has 4 heteroatoms. The van der Waals surface area contributed by atoms with Gasteiger partial charge in [-0.1, -0.05) is 6.92 Å². The van der Waals surface area contributed by atoms with Gasteiger partial charge in [-0.15, -0.1) is 0 Å². The Morgan fingerprint density at radius 1 is 1.37 bits per heavy atom. The molecule has 0 aromatic heterocycles. The summed E-state index contributed by atoms with van der Waals surface area (Å²) < 4.78 is 0. The van der Waals surface area contributed by atoms with E-state index in [9.17, 15) is 5.11 Å². The van der Waals surface area contributed by atoms with E-state index < -0.39 is 0 Å². The van der Waals surface area contributed by atoms with Crippen LogP contribution in [0.2, 0.25) is 0 Å². The molecule has 2 N–H and O–H groups in total. The molecule has 0 aromatic carbocycles. The van der Waals surface area contributed by atoms with Crippen LogP contribution in [0.15, 0.2) is 0 Å². The fraction of sp³-hybridized carbons (Fsp3) is 1.00. The summed E-state index contributed by atoms with van der Waals surface area (Å²) in [5.74, 6) is 0. The predicted molar refractivity (Wildman–Crippen MR) is 79.4 cm³/mol. The van der Waals surface area contributed by atoms with Crippen molar-refractivity contribution in [3.63, 3.8) is 0 Å². The molecule has 0 amide bonds. The molecule has 0 bridgehead atoms. The zero-order valence-corrected chi connectivity index (χ0v) is 12.9. The summed E-state index contributed by atoms with van der Waals surface area (Å²) in [5, 5.41) is 13.2. The molecule has 0 spiro atoms. The number of rotatable bonds is 5. The van der Waals surface area contributed by atoms with E-state index in [2.05, 4.69) is 36.1 Å². The van der Waals surface area contributed by atoms with Gasteiger partial charge in [-0.25, -0.2) is 0 Å². The van der Waals surface area contributed by atoms with Gasteiger partial charge in [0, 0.05) is 24.2 Å². The number of aliphatic hydroxyl groups excluding tert-OH is 1. The van der Waals surface area contributed by atoms with Crippen molar-refractivity contribution in [1.29, 1.82) is 0 Å². The van der Waals surface area contributed by atoms with Crippen molar-refractivity contribution in [1.82, 2.24) is 15.1 Å². The first-order chi connectivity index (χ1) is 9.10. The van der Waals surface area contributed by atoms with Gasteiger partial charge in [0.1, 0.15) is 0 Å². The third-order valence-electron chi connectivity index (χ3n) is 5.19. The molecule has 2 fully saturated rings. The lowest BCUT2D eigenvalue weighted by Gasteiger charge is -2.39. The maximum Gasteiger partial charge on any atom is 0.0613 e. The van der Waals surface area contributed by atoms with Crippen LogP contribution in [0.25, 0.3) is 0 Å². The van der Waals surface area contributed by atoms with Crippen LogP contribution < -0.4 is 5.32 Å². The summed E-state index contributed by atoms with van der Waals surface area (Å²) in [7, 11) is 4.51. The molecule has 1 aliphatic carbocycles. The highest BCUT2D eigenvalue weighted by molar-refractivity contribution is 5.00. The van der Waals surface area contributed by atoms with Crippen LogP contribution in [0, 0.1) is 0 Å². The van der Waals surface area contributed by atoms with Crippen molar-refractivity contribution in [2.75, 3.05) is 40.3 Å². The fourth-order valence-corrected chi connectivity index (χ4v) is 3.95. The average Bonchev–Trinajstić information content (AvgIpc) is 2.83. The third kappa shape index (κ3) is 3.48. The van der Waals surface area contributed by atoms with Gasteiger partial charge < -0.3 is 15.3 Å². The molecular weight excluding hydrogens is 238 g/mol. The van der Waals surface area contributed by atoms with Crippen molar-refractivity contribution in [3.8, 4) is 0 Å². The first-order valence-corrected chi connectivity index (χ1v) is 7.86. The van der Waals surface area contributed by atoms with E-state index in [0.717, 1.165) is 19.4 Å². The first kappa shape index (κ1) is 15.2. The van der Waals surface area contributed by atoms with Gasteiger partial charge in [0.05, 0.1) is 6.61 Å². The molecule has 3 atom stereocenters. The highest BCUT2D eigenvalue weighted by atomic mass is 16.3. The summed E-state index contributed by atoms with van der Waals surface area (Å²) in [4.78, 5) is 5.04. The van der Waals surface area contributed by atoms with Crippen molar-refractivity contribution in [3.05, 3.63) is 0 Å². The third-order valence-corrected chi connectivity index (χ3v) is 5.19. The molecule has 1 aliphatic heterocycles. The molecule has 112 valence electrons. The van der Waals surface area contributed by atoms with Crippen molar-refractivity contribution < 1.29 is 5.11 Å². The Kier molecular flexibility index (Phi) is 5.23. The van der Waals surface area contributed by atoms with Crippen molar-refractivity contribution in [2.24, 2.45) is 0 Å². The topological polar surface area (TPSA) is 38.7 Å². The molecular formula is C15H31N3O.